The topological polar surface area (TPSA) is 48.2 Å². The Bertz CT molecular complexity index is 853. The average molecular weight is 362 g/mol. The minimum atomic E-state index is -0.605. The standard InChI is InChI=1S/C18H16F2N2O2S/c1-11-3-6-14(7-4-11)23-10-17-21-22-18(24-17)25-12(2)15-8-5-13(19)9-16(15)20/h3-9,12H,10H2,1-2H3. The maximum Gasteiger partial charge on any atom is 0.277 e. The molecule has 1 unspecified atom stereocenters. The zero-order chi connectivity index (χ0) is 17.8. The van der Waals surface area contributed by atoms with Crippen LogP contribution in [-0.4, -0.2) is 10.2 Å². The van der Waals surface area contributed by atoms with Gasteiger partial charge in [-0.2, -0.15) is 0 Å². The monoisotopic (exact) mass is 362 g/mol. The molecule has 0 N–H and O–H groups in total. The molecule has 3 rings (SSSR count). The molecule has 0 bridgehead atoms. The van der Waals surface area contributed by atoms with Crippen molar-refractivity contribution in [2.24, 2.45) is 0 Å². The van der Waals surface area contributed by atoms with Crippen LogP contribution in [0.5, 0.6) is 5.75 Å². The number of nitrogens with zero attached hydrogens (tertiary/aromatic N) is 2. The van der Waals surface area contributed by atoms with Crippen molar-refractivity contribution >= 4 is 11.8 Å². The first kappa shape index (κ1) is 17.4. The second kappa shape index (κ2) is 7.65. The van der Waals surface area contributed by atoms with E-state index in [4.69, 9.17) is 9.15 Å². The van der Waals surface area contributed by atoms with Gasteiger partial charge in [-0.1, -0.05) is 35.5 Å². The third-order valence-corrected chi connectivity index (χ3v) is 4.48. The number of thioether (sulfide) groups is 1. The van der Waals surface area contributed by atoms with Gasteiger partial charge in [-0.05, 0) is 32.0 Å². The quantitative estimate of drug-likeness (QED) is 0.572. The molecule has 0 radical (unpaired) electrons. The van der Waals surface area contributed by atoms with Crippen molar-refractivity contribution in [3.05, 3.63) is 71.1 Å². The highest BCUT2D eigenvalue weighted by Gasteiger charge is 2.17. The van der Waals surface area contributed by atoms with E-state index in [0.29, 0.717) is 22.4 Å². The van der Waals surface area contributed by atoms with E-state index < -0.39 is 11.6 Å². The second-order valence-corrected chi connectivity index (χ2v) is 6.78. The number of hydrogen-bond donors (Lipinski definition) is 0. The Morgan fingerprint density at radius 2 is 1.88 bits per heavy atom. The first-order chi connectivity index (χ1) is 12.0. The lowest BCUT2D eigenvalue weighted by Crippen LogP contribution is -1.95. The summed E-state index contributed by atoms with van der Waals surface area (Å²) in [6, 6.07) is 11.1. The minimum Gasteiger partial charge on any atom is -0.484 e. The molecule has 7 heteroatoms. The van der Waals surface area contributed by atoms with Gasteiger partial charge in [0.15, 0.2) is 6.61 Å². The smallest absolute Gasteiger partial charge is 0.277 e. The van der Waals surface area contributed by atoms with Crippen LogP contribution in [-0.2, 0) is 6.61 Å². The summed E-state index contributed by atoms with van der Waals surface area (Å²) < 4.78 is 37.9. The summed E-state index contributed by atoms with van der Waals surface area (Å²) in [5.74, 6) is -0.163. The lowest BCUT2D eigenvalue weighted by Gasteiger charge is -2.09. The van der Waals surface area contributed by atoms with Crippen LogP contribution >= 0.6 is 11.8 Å². The van der Waals surface area contributed by atoms with E-state index in [0.717, 1.165) is 11.6 Å². The molecule has 4 nitrogen and oxygen atoms in total. The molecular formula is C18H16F2N2O2S. The van der Waals surface area contributed by atoms with Gasteiger partial charge in [-0.25, -0.2) is 8.78 Å². The third-order valence-electron chi connectivity index (χ3n) is 3.51. The SMILES string of the molecule is Cc1ccc(OCc2nnc(SC(C)c3ccc(F)cc3F)o2)cc1. The van der Waals surface area contributed by atoms with E-state index in [-0.39, 0.29) is 11.9 Å². The van der Waals surface area contributed by atoms with Gasteiger partial charge in [0.2, 0.25) is 0 Å². The van der Waals surface area contributed by atoms with Crippen LogP contribution < -0.4 is 4.74 Å². The lowest BCUT2D eigenvalue weighted by molar-refractivity contribution is 0.252. The molecule has 130 valence electrons. The van der Waals surface area contributed by atoms with Gasteiger partial charge >= 0.3 is 0 Å². The Morgan fingerprint density at radius 1 is 1.12 bits per heavy atom. The maximum absolute atomic E-state index is 13.8. The van der Waals surface area contributed by atoms with Crippen LogP contribution in [0.3, 0.4) is 0 Å². The zero-order valence-electron chi connectivity index (χ0n) is 13.7. The highest BCUT2D eigenvalue weighted by Crippen LogP contribution is 2.35. The number of hydrogen-bond acceptors (Lipinski definition) is 5. The molecule has 1 aromatic heterocycles. The van der Waals surface area contributed by atoms with Crippen molar-refractivity contribution in [1.29, 1.82) is 0 Å². The summed E-state index contributed by atoms with van der Waals surface area (Å²) in [6.45, 7) is 3.93. The highest BCUT2D eigenvalue weighted by atomic mass is 32.2. The van der Waals surface area contributed by atoms with Gasteiger partial charge in [-0.15, -0.1) is 10.2 Å². The first-order valence-corrected chi connectivity index (χ1v) is 8.52. The molecule has 3 aromatic rings. The third kappa shape index (κ3) is 4.57. The van der Waals surface area contributed by atoms with Crippen LogP contribution in [0, 0.1) is 18.6 Å². The summed E-state index contributed by atoms with van der Waals surface area (Å²) in [4.78, 5) is 0. The molecule has 0 saturated heterocycles. The molecule has 0 aliphatic carbocycles. The molecular weight excluding hydrogens is 346 g/mol. The fraction of sp³-hybridized carbons (Fsp3) is 0.222. The molecule has 25 heavy (non-hydrogen) atoms. The molecule has 0 spiro atoms. The number of ether oxygens (including phenoxy) is 1. The molecule has 2 aromatic carbocycles. The van der Waals surface area contributed by atoms with E-state index in [1.165, 1.54) is 23.9 Å². The summed E-state index contributed by atoms with van der Waals surface area (Å²) in [6.07, 6.45) is 0. The molecule has 0 saturated carbocycles. The van der Waals surface area contributed by atoms with Crippen LogP contribution in [0.2, 0.25) is 0 Å². The van der Waals surface area contributed by atoms with Crippen molar-refractivity contribution < 1.29 is 17.9 Å². The van der Waals surface area contributed by atoms with Gasteiger partial charge in [0.25, 0.3) is 11.1 Å². The number of aromatic nitrogens is 2. The number of rotatable bonds is 6. The number of benzene rings is 2. The molecule has 0 aliphatic heterocycles. The Labute approximate surface area is 148 Å². The first-order valence-electron chi connectivity index (χ1n) is 7.65. The molecule has 1 atom stereocenters. The van der Waals surface area contributed by atoms with Gasteiger partial charge in [0, 0.05) is 16.9 Å². The summed E-state index contributed by atoms with van der Waals surface area (Å²) >= 11 is 1.20. The van der Waals surface area contributed by atoms with Gasteiger partial charge < -0.3 is 9.15 Å². The van der Waals surface area contributed by atoms with Crippen LogP contribution in [0.4, 0.5) is 8.78 Å². The van der Waals surface area contributed by atoms with Crippen molar-refractivity contribution in [1.82, 2.24) is 10.2 Å². The largest absolute Gasteiger partial charge is 0.484 e. The molecule has 0 aliphatic rings. The van der Waals surface area contributed by atoms with E-state index in [1.807, 2.05) is 31.2 Å². The molecule has 0 fully saturated rings. The average Bonchev–Trinajstić information content (AvgIpc) is 3.01. The van der Waals surface area contributed by atoms with Crippen LogP contribution in [0.15, 0.2) is 52.1 Å². The van der Waals surface area contributed by atoms with Crippen LogP contribution in [0.1, 0.15) is 29.2 Å². The summed E-state index contributed by atoms with van der Waals surface area (Å²) in [5.41, 5.74) is 1.52. The molecule has 0 amide bonds. The van der Waals surface area contributed by atoms with Crippen LogP contribution in [0.25, 0.3) is 0 Å². The van der Waals surface area contributed by atoms with E-state index in [1.54, 1.807) is 6.92 Å². The van der Waals surface area contributed by atoms with Crippen molar-refractivity contribution in [3.8, 4) is 5.75 Å². The molecule has 1 heterocycles. The lowest BCUT2D eigenvalue weighted by atomic mass is 10.1. The maximum atomic E-state index is 13.8. The predicted molar refractivity (Wildman–Crippen MR) is 90.4 cm³/mol. The summed E-state index contributed by atoms with van der Waals surface area (Å²) in [7, 11) is 0. The van der Waals surface area contributed by atoms with Gasteiger partial charge in [0.1, 0.15) is 17.4 Å². The van der Waals surface area contributed by atoms with Gasteiger partial charge in [-0.3, -0.25) is 0 Å². The van der Waals surface area contributed by atoms with Gasteiger partial charge in [0.05, 0.1) is 0 Å². The fourth-order valence-electron chi connectivity index (χ4n) is 2.17. The van der Waals surface area contributed by atoms with Crippen molar-refractivity contribution in [2.45, 2.75) is 30.9 Å². The summed E-state index contributed by atoms with van der Waals surface area (Å²) in [5, 5.41) is 7.85. The van der Waals surface area contributed by atoms with E-state index >= 15 is 0 Å². The van der Waals surface area contributed by atoms with E-state index in [2.05, 4.69) is 10.2 Å². The Balaban J connectivity index is 1.60. The zero-order valence-corrected chi connectivity index (χ0v) is 14.5. The number of aryl methyl sites for hydroxylation is 1. The van der Waals surface area contributed by atoms with E-state index in [9.17, 15) is 8.78 Å². The Kier molecular flexibility index (Phi) is 5.33. The van der Waals surface area contributed by atoms with Crippen molar-refractivity contribution in [3.63, 3.8) is 0 Å². The van der Waals surface area contributed by atoms with Crippen molar-refractivity contribution in [2.75, 3.05) is 0 Å². The fourth-order valence-corrected chi connectivity index (χ4v) is 3.02. The predicted octanol–water partition coefficient (Wildman–Crippen LogP) is 5.09. The Hall–Kier alpha value is -2.41. The normalized spacial score (nSPS) is 12.2. The number of halogens is 2. The minimum absolute atomic E-state index is 0.149. The second-order valence-electron chi connectivity index (χ2n) is 5.49. The Morgan fingerprint density at radius 3 is 2.60 bits per heavy atom. The highest BCUT2D eigenvalue weighted by molar-refractivity contribution is 7.99.